The molecule has 0 aliphatic heterocycles. The second kappa shape index (κ2) is 10.5. The molecule has 0 amide bonds. The van der Waals surface area contributed by atoms with Crippen LogP contribution in [0.15, 0.2) is 53.5 Å². The van der Waals surface area contributed by atoms with Crippen molar-refractivity contribution in [1.82, 2.24) is 0 Å². The summed E-state index contributed by atoms with van der Waals surface area (Å²) in [5, 5.41) is 6.70. The molecule has 2 rings (SSSR count). The number of nitrogens with one attached hydrogen (secondary N) is 2. The molecule has 0 aromatic heterocycles. The summed E-state index contributed by atoms with van der Waals surface area (Å²) >= 11 is 0. The van der Waals surface area contributed by atoms with Crippen molar-refractivity contribution in [2.75, 3.05) is 17.7 Å². The maximum absolute atomic E-state index is 4.32. The van der Waals surface area contributed by atoms with Gasteiger partial charge in [0.25, 0.3) is 0 Å². The summed E-state index contributed by atoms with van der Waals surface area (Å²) in [6.07, 6.45) is 7.23. The van der Waals surface area contributed by atoms with Crippen molar-refractivity contribution in [3.05, 3.63) is 59.7 Å². The Balaban J connectivity index is 1.91. The molecule has 2 aromatic rings. The van der Waals surface area contributed by atoms with E-state index in [2.05, 4.69) is 78.0 Å². The van der Waals surface area contributed by atoms with Gasteiger partial charge in [-0.15, -0.1) is 0 Å². The molecule has 0 unspecified atom stereocenters. The van der Waals surface area contributed by atoms with E-state index in [1.54, 1.807) is 7.05 Å². The van der Waals surface area contributed by atoms with Gasteiger partial charge in [-0.05, 0) is 61.1 Å². The lowest BCUT2D eigenvalue weighted by Gasteiger charge is -2.13. The fourth-order valence-corrected chi connectivity index (χ4v) is 2.69. The molecule has 3 nitrogen and oxygen atoms in total. The monoisotopic (exact) mass is 337 g/mol. The van der Waals surface area contributed by atoms with Gasteiger partial charge in [-0.2, -0.15) is 0 Å². The number of benzene rings is 2. The molecular weight excluding hydrogens is 306 g/mol. The SMILES string of the molecule is CCCCc1ccc(NC(=NC)Nc2ccc(CCCC)cc2)cc1. The Morgan fingerprint density at radius 1 is 0.720 bits per heavy atom. The average Bonchev–Trinajstić information content (AvgIpc) is 2.66. The van der Waals surface area contributed by atoms with E-state index in [9.17, 15) is 0 Å². The lowest BCUT2D eigenvalue weighted by Crippen LogP contribution is -2.21. The summed E-state index contributed by atoms with van der Waals surface area (Å²) < 4.78 is 0. The Hall–Kier alpha value is -2.29. The molecule has 0 fully saturated rings. The minimum atomic E-state index is 0.752. The summed E-state index contributed by atoms with van der Waals surface area (Å²) in [5.41, 5.74) is 4.87. The molecule has 0 spiro atoms. The van der Waals surface area contributed by atoms with Crippen LogP contribution in [-0.2, 0) is 12.8 Å². The lowest BCUT2D eigenvalue weighted by atomic mass is 10.1. The van der Waals surface area contributed by atoms with E-state index in [-0.39, 0.29) is 0 Å². The first-order valence-corrected chi connectivity index (χ1v) is 9.43. The van der Waals surface area contributed by atoms with E-state index in [4.69, 9.17) is 0 Å². The Kier molecular flexibility index (Phi) is 8.03. The van der Waals surface area contributed by atoms with Crippen LogP contribution >= 0.6 is 0 Å². The van der Waals surface area contributed by atoms with E-state index >= 15 is 0 Å². The number of nitrogens with zero attached hydrogens (tertiary/aromatic N) is 1. The third-order valence-electron chi connectivity index (χ3n) is 4.29. The van der Waals surface area contributed by atoms with Crippen LogP contribution in [0.1, 0.15) is 50.7 Å². The van der Waals surface area contributed by atoms with Crippen molar-refractivity contribution in [2.45, 2.75) is 52.4 Å². The van der Waals surface area contributed by atoms with Crippen LogP contribution in [0.25, 0.3) is 0 Å². The highest BCUT2D eigenvalue weighted by Crippen LogP contribution is 2.14. The zero-order chi connectivity index (χ0) is 17.9. The average molecular weight is 338 g/mol. The smallest absolute Gasteiger partial charge is 0.200 e. The van der Waals surface area contributed by atoms with Crippen LogP contribution in [0.5, 0.6) is 0 Å². The third-order valence-corrected chi connectivity index (χ3v) is 4.29. The molecular formula is C22H31N3. The van der Waals surface area contributed by atoms with Crippen LogP contribution in [0.4, 0.5) is 11.4 Å². The predicted octanol–water partition coefficient (Wildman–Crippen LogP) is 5.88. The number of anilines is 2. The van der Waals surface area contributed by atoms with Gasteiger partial charge in [-0.1, -0.05) is 51.0 Å². The highest BCUT2D eigenvalue weighted by atomic mass is 15.2. The first-order chi connectivity index (χ1) is 12.2. The topological polar surface area (TPSA) is 36.4 Å². The maximum atomic E-state index is 4.32. The van der Waals surface area contributed by atoms with Crippen LogP contribution in [0.2, 0.25) is 0 Å². The molecule has 0 bridgehead atoms. The Morgan fingerprint density at radius 3 is 1.44 bits per heavy atom. The normalized spacial score (nSPS) is 10.4. The van der Waals surface area contributed by atoms with Gasteiger partial charge in [0, 0.05) is 18.4 Å². The Labute approximate surface area is 152 Å². The van der Waals surface area contributed by atoms with E-state index in [1.807, 2.05) is 0 Å². The van der Waals surface area contributed by atoms with Gasteiger partial charge in [0.15, 0.2) is 5.96 Å². The van der Waals surface area contributed by atoms with Crippen molar-refractivity contribution >= 4 is 17.3 Å². The molecule has 0 atom stereocenters. The van der Waals surface area contributed by atoms with Crippen LogP contribution in [0, 0.1) is 0 Å². The molecule has 3 heteroatoms. The number of rotatable bonds is 8. The third kappa shape index (κ3) is 6.61. The van der Waals surface area contributed by atoms with Crippen molar-refractivity contribution < 1.29 is 0 Å². The van der Waals surface area contributed by atoms with Crippen molar-refractivity contribution in [3.63, 3.8) is 0 Å². The van der Waals surface area contributed by atoms with E-state index < -0.39 is 0 Å². The highest BCUT2D eigenvalue weighted by Gasteiger charge is 2.02. The van der Waals surface area contributed by atoms with Gasteiger partial charge in [-0.25, -0.2) is 0 Å². The minimum Gasteiger partial charge on any atom is -0.326 e. The number of unbranched alkanes of at least 4 members (excludes halogenated alkanes) is 2. The van der Waals surface area contributed by atoms with Gasteiger partial charge in [-0.3, -0.25) is 4.99 Å². The molecule has 0 radical (unpaired) electrons. The maximum Gasteiger partial charge on any atom is 0.200 e. The first kappa shape index (κ1) is 19.0. The van der Waals surface area contributed by atoms with Gasteiger partial charge in [0.05, 0.1) is 0 Å². The molecule has 134 valence electrons. The molecule has 0 saturated carbocycles. The summed E-state index contributed by atoms with van der Waals surface area (Å²) in [5.74, 6) is 0.752. The number of aryl methyl sites for hydroxylation is 2. The molecule has 0 aliphatic carbocycles. The summed E-state index contributed by atoms with van der Waals surface area (Å²) in [7, 11) is 1.79. The summed E-state index contributed by atoms with van der Waals surface area (Å²) in [4.78, 5) is 4.32. The van der Waals surface area contributed by atoms with Crippen molar-refractivity contribution in [1.29, 1.82) is 0 Å². The van der Waals surface area contributed by atoms with Crippen LogP contribution in [0.3, 0.4) is 0 Å². The summed E-state index contributed by atoms with van der Waals surface area (Å²) in [6.45, 7) is 4.45. The molecule has 0 saturated heterocycles. The standard InChI is InChI=1S/C22H31N3/c1-4-6-8-18-10-14-20(15-11-18)24-22(23-3)25-21-16-12-19(13-17-21)9-7-5-2/h10-17H,4-9H2,1-3H3,(H2,23,24,25). The van der Waals surface area contributed by atoms with Gasteiger partial charge in [0.1, 0.15) is 0 Å². The zero-order valence-corrected chi connectivity index (χ0v) is 15.8. The minimum absolute atomic E-state index is 0.752. The Bertz CT molecular complexity index is 586. The molecule has 25 heavy (non-hydrogen) atoms. The van der Waals surface area contributed by atoms with Gasteiger partial charge >= 0.3 is 0 Å². The fraction of sp³-hybridized carbons (Fsp3) is 0.409. The van der Waals surface area contributed by atoms with E-state index in [0.29, 0.717) is 0 Å². The van der Waals surface area contributed by atoms with E-state index in [1.165, 1.54) is 36.8 Å². The fourth-order valence-electron chi connectivity index (χ4n) is 2.69. The number of guanidine groups is 1. The lowest BCUT2D eigenvalue weighted by molar-refractivity contribution is 0.795. The second-order valence-corrected chi connectivity index (χ2v) is 6.42. The van der Waals surface area contributed by atoms with Crippen LogP contribution < -0.4 is 10.6 Å². The number of hydrogen-bond acceptors (Lipinski definition) is 1. The zero-order valence-electron chi connectivity index (χ0n) is 15.8. The van der Waals surface area contributed by atoms with Crippen molar-refractivity contribution in [2.24, 2.45) is 4.99 Å². The molecule has 2 N–H and O–H groups in total. The predicted molar refractivity (Wildman–Crippen MR) is 111 cm³/mol. The Morgan fingerprint density at radius 2 is 1.12 bits per heavy atom. The highest BCUT2D eigenvalue weighted by molar-refractivity contribution is 6.03. The quantitative estimate of drug-likeness (QED) is 0.466. The first-order valence-electron chi connectivity index (χ1n) is 9.43. The van der Waals surface area contributed by atoms with E-state index in [0.717, 1.165) is 30.2 Å². The summed E-state index contributed by atoms with van der Waals surface area (Å²) in [6, 6.07) is 17.2. The van der Waals surface area contributed by atoms with Gasteiger partial charge < -0.3 is 10.6 Å². The number of aliphatic imine (C=N–C) groups is 1. The molecule has 0 heterocycles. The molecule has 2 aromatic carbocycles. The second-order valence-electron chi connectivity index (χ2n) is 6.42. The largest absolute Gasteiger partial charge is 0.326 e. The van der Waals surface area contributed by atoms with Crippen molar-refractivity contribution in [3.8, 4) is 0 Å². The van der Waals surface area contributed by atoms with Gasteiger partial charge in [0.2, 0.25) is 0 Å². The molecule has 0 aliphatic rings. The number of hydrogen-bond donors (Lipinski definition) is 2. The van der Waals surface area contributed by atoms with Crippen LogP contribution in [-0.4, -0.2) is 13.0 Å².